The molecule has 0 atom stereocenters. The van der Waals surface area contributed by atoms with E-state index in [2.05, 4.69) is 39.1 Å². The van der Waals surface area contributed by atoms with Gasteiger partial charge >= 0.3 is 0 Å². The standard InChI is InChI=1S/C19H21BrN2O/c1-3-22(2)17-6-4-5-16(13-17)21-18(23)19(11-12-19)14-7-9-15(20)10-8-14/h4-10,13H,3,11-12H2,1-2H3,(H,21,23). The molecule has 0 aromatic heterocycles. The summed E-state index contributed by atoms with van der Waals surface area (Å²) < 4.78 is 1.03. The third-order valence-corrected chi connectivity index (χ3v) is 5.13. The number of halogens is 1. The third-order valence-electron chi connectivity index (χ3n) is 4.60. The minimum Gasteiger partial charge on any atom is -0.375 e. The molecule has 2 aromatic carbocycles. The van der Waals surface area contributed by atoms with E-state index >= 15 is 0 Å². The maximum Gasteiger partial charge on any atom is 0.235 e. The van der Waals surface area contributed by atoms with Gasteiger partial charge in [-0.05, 0) is 55.7 Å². The minimum absolute atomic E-state index is 0.0936. The summed E-state index contributed by atoms with van der Waals surface area (Å²) in [5, 5.41) is 3.10. The second kappa shape index (κ2) is 6.36. The predicted molar refractivity (Wildman–Crippen MR) is 99.1 cm³/mol. The topological polar surface area (TPSA) is 32.3 Å². The van der Waals surface area contributed by atoms with Crippen molar-refractivity contribution in [3.8, 4) is 0 Å². The molecule has 0 heterocycles. The first-order chi connectivity index (χ1) is 11.0. The van der Waals surface area contributed by atoms with Crippen LogP contribution < -0.4 is 10.2 Å². The third kappa shape index (κ3) is 3.27. The van der Waals surface area contributed by atoms with Crippen LogP contribution >= 0.6 is 15.9 Å². The zero-order valence-corrected chi connectivity index (χ0v) is 15.1. The number of anilines is 2. The van der Waals surface area contributed by atoms with E-state index < -0.39 is 0 Å². The van der Waals surface area contributed by atoms with Gasteiger partial charge in [0.1, 0.15) is 0 Å². The van der Waals surface area contributed by atoms with Crippen molar-refractivity contribution in [3.05, 3.63) is 58.6 Å². The number of hydrogen-bond acceptors (Lipinski definition) is 2. The van der Waals surface area contributed by atoms with Gasteiger partial charge in [-0.15, -0.1) is 0 Å². The molecule has 0 unspecified atom stereocenters. The summed E-state index contributed by atoms with van der Waals surface area (Å²) in [4.78, 5) is 14.9. The van der Waals surface area contributed by atoms with Crippen molar-refractivity contribution >= 4 is 33.2 Å². The molecule has 4 heteroatoms. The summed E-state index contributed by atoms with van der Waals surface area (Å²) in [6.45, 7) is 3.04. The van der Waals surface area contributed by atoms with Crippen LogP contribution in [0.1, 0.15) is 25.3 Å². The largest absolute Gasteiger partial charge is 0.375 e. The Morgan fingerprint density at radius 2 is 1.91 bits per heavy atom. The average Bonchev–Trinajstić information content (AvgIpc) is 3.37. The molecule has 3 nitrogen and oxygen atoms in total. The highest BCUT2D eigenvalue weighted by Crippen LogP contribution is 2.49. The molecule has 0 bridgehead atoms. The highest BCUT2D eigenvalue weighted by atomic mass is 79.9. The van der Waals surface area contributed by atoms with Crippen molar-refractivity contribution in [2.45, 2.75) is 25.2 Å². The van der Waals surface area contributed by atoms with Crippen molar-refractivity contribution in [1.29, 1.82) is 0 Å². The Morgan fingerprint density at radius 3 is 2.52 bits per heavy atom. The lowest BCUT2D eigenvalue weighted by Gasteiger charge is -2.19. The Labute approximate surface area is 145 Å². The first-order valence-corrected chi connectivity index (χ1v) is 8.73. The van der Waals surface area contributed by atoms with E-state index in [9.17, 15) is 4.79 Å². The highest BCUT2D eigenvalue weighted by Gasteiger charge is 2.51. The van der Waals surface area contributed by atoms with Gasteiger partial charge in [0.15, 0.2) is 0 Å². The van der Waals surface area contributed by atoms with E-state index in [1.807, 2.05) is 49.5 Å². The van der Waals surface area contributed by atoms with Gasteiger partial charge in [-0.25, -0.2) is 0 Å². The highest BCUT2D eigenvalue weighted by molar-refractivity contribution is 9.10. The van der Waals surface area contributed by atoms with Crippen molar-refractivity contribution in [3.63, 3.8) is 0 Å². The molecule has 3 rings (SSSR count). The van der Waals surface area contributed by atoms with Crippen LogP contribution in [0.15, 0.2) is 53.0 Å². The minimum atomic E-state index is -0.354. The van der Waals surface area contributed by atoms with Crippen LogP contribution in [0.5, 0.6) is 0 Å². The SMILES string of the molecule is CCN(C)c1cccc(NC(=O)C2(c3ccc(Br)cc3)CC2)c1. The molecule has 1 saturated carbocycles. The zero-order valence-electron chi connectivity index (χ0n) is 13.5. The summed E-state index contributed by atoms with van der Waals surface area (Å²) >= 11 is 3.45. The lowest BCUT2D eigenvalue weighted by Crippen LogP contribution is -2.28. The quantitative estimate of drug-likeness (QED) is 0.832. The molecule has 1 aliphatic carbocycles. The molecule has 1 fully saturated rings. The smallest absolute Gasteiger partial charge is 0.235 e. The molecule has 1 aliphatic rings. The van der Waals surface area contributed by atoms with E-state index in [1.165, 1.54) is 0 Å². The molecular formula is C19H21BrN2O. The van der Waals surface area contributed by atoms with Gasteiger partial charge in [-0.2, -0.15) is 0 Å². The van der Waals surface area contributed by atoms with E-state index in [0.29, 0.717) is 0 Å². The Hall–Kier alpha value is -1.81. The number of hydrogen-bond donors (Lipinski definition) is 1. The van der Waals surface area contributed by atoms with Crippen molar-refractivity contribution in [2.24, 2.45) is 0 Å². The molecule has 0 radical (unpaired) electrons. The van der Waals surface area contributed by atoms with Crippen LogP contribution in [0.2, 0.25) is 0 Å². The summed E-state index contributed by atoms with van der Waals surface area (Å²) in [7, 11) is 2.05. The van der Waals surface area contributed by atoms with Gasteiger partial charge in [-0.1, -0.05) is 34.1 Å². The number of rotatable bonds is 5. The van der Waals surface area contributed by atoms with Crippen molar-refractivity contribution in [1.82, 2.24) is 0 Å². The predicted octanol–water partition coefficient (Wildman–Crippen LogP) is 4.58. The first-order valence-electron chi connectivity index (χ1n) is 7.94. The van der Waals surface area contributed by atoms with Crippen LogP contribution in [-0.4, -0.2) is 19.5 Å². The molecule has 0 aliphatic heterocycles. The normalized spacial score (nSPS) is 15.1. The van der Waals surface area contributed by atoms with Crippen molar-refractivity contribution in [2.75, 3.05) is 23.8 Å². The fourth-order valence-corrected chi connectivity index (χ4v) is 3.06. The summed E-state index contributed by atoms with van der Waals surface area (Å²) in [6, 6.07) is 16.1. The molecule has 0 saturated heterocycles. The number of benzene rings is 2. The Kier molecular flexibility index (Phi) is 4.44. The maximum atomic E-state index is 12.8. The second-order valence-corrected chi connectivity index (χ2v) is 7.02. The van der Waals surface area contributed by atoms with Gasteiger partial charge in [0.25, 0.3) is 0 Å². The summed E-state index contributed by atoms with van der Waals surface area (Å²) in [5.74, 6) is 0.0936. The Morgan fingerprint density at radius 1 is 1.22 bits per heavy atom. The van der Waals surface area contributed by atoms with Crippen LogP contribution in [-0.2, 0) is 10.2 Å². The van der Waals surface area contributed by atoms with E-state index in [4.69, 9.17) is 0 Å². The van der Waals surface area contributed by atoms with Gasteiger partial charge in [0.05, 0.1) is 5.41 Å². The maximum absolute atomic E-state index is 12.8. The number of nitrogens with one attached hydrogen (secondary N) is 1. The molecule has 1 amide bonds. The summed E-state index contributed by atoms with van der Waals surface area (Å²) in [5.41, 5.74) is 2.71. The Bertz CT molecular complexity index is 708. The van der Waals surface area contributed by atoms with Gasteiger partial charge in [0.2, 0.25) is 5.91 Å². The fourth-order valence-electron chi connectivity index (χ4n) is 2.80. The summed E-state index contributed by atoms with van der Waals surface area (Å²) in [6.07, 6.45) is 1.82. The first kappa shape index (κ1) is 16.1. The zero-order chi connectivity index (χ0) is 16.4. The molecule has 2 aromatic rings. The lowest BCUT2D eigenvalue weighted by molar-refractivity contribution is -0.118. The molecule has 0 spiro atoms. The van der Waals surface area contributed by atoms with Crippen LogP contribution in [0.4, 0.5) is 11.4 Å². The molecule has 1 N–H and O–H groups in total. The lowest BCUT2D eigenvalue weighted by atomic mass is 9.95. The fraction of sp³-hybridized carbons (Fsp3) is 0.316. The number of carbonyl (C=O) groups excluding carboxylic acids is 1. The van der Waals surface area contributed by atoms with Crippen molar-refractivity contribution < 1.29 is 4.79 Å². The average molecular weight is 373 g/mol. The monoisotopic (exact) mass is 372 g/mol. The Balaban J connectivity index is 1.78. The van der Waals surface area contributed by atoms with Gasteiger partial charge in [0, 0.05) is 29.4 Å². The molecular weight excluding hydrogens is 352 g/mol. The second-order valence-electron chi connectivity index (χ2n) is 6.11. The van der Waals surface area contributed by atoms with Gasteiger partial charge < -0.3 is 10.2 Å². The molecule has 23 heavy (non-hydrogen) atoms. The van der Waals surface area contributed by atoms with Gasteiger partial charge in [-0.3, -0.25) is 4.79 Å². The van der Waals surface area contributed by atoms with Crippen LogP contribution in [0.3, 0.4) is 0 Å². The number of carbonyl (C=O) groups is 1. The molecule has 120 valence electrons. The van der Waals surface area contributed by atoms with Crippen LogP contribution in [0.25, 0.3) is 0 Å². The van der Waals surface area contributed by atoms with E-state index in [1.54, 1.807) is 0 Å². The number of amides is 1. The van der Waals surface area contributed by atoms with E-state index in [0.717, 1.165) is 40.8 Å². The van der Waals surface area contributed by atoms with E-state index in [-0.39, 0.29) is 11.3 Å². The van der Waals surface area contributed by atoms with Crippen LogP contribution in [0, 0.1) is 0 Å². The number of nitrogens with zero attached hydrogens (tertiary/aromatic N) is 1.